The zero-order chi connectivity index (χ0) is 19.6. The van der Waals surface area contributed by atoms with Crippen molar-refractivity contribution in [2.24, 2.45) is 5.41 Å². The summed E-state index contributed by atoms with van der Waals surface area (Å²) in [4.78, 5) is 12.2. The third-order valence-electron chi connectivity index (χ3n) is 5.43. The molecule has 3 rings (SSSR count). The maximum atomic E-state index is 12.2. The molecule has 1 aromatic rings. The number of hydrogen-bond acceptors (Lipinski definition) is 4. The van der Waals surface area contributed by atoms with Crippen LogP contribution >= 0.6 is 0 Å². The van der Waals surface area contributed by atoms with Crippen molar-refractivity contribution in [3.05, 3.63) is 40.1 Å². The average Bonchev–Trinajstić information content (AvgIpc) is 3.15. The lowest BCUT2D eigenvalue weighted by molar-refractivity contribution is 0.0695. The first-order valence-electron chi connectivity index (χ1n) is 10.1. The number of ether oxygens (including phenoxy) is 1. The number of unbranched alkanes of at least 4 members (excludes halogenated alkanes) is 4. The van der Waals surface area contributed by atoms with Gasteiger partial charge in [-0.1, -0.05) is 71.6 Å². The van der Waals surface area contributed by atoms with Crippen molar-refractivity contribution >= 4 is 7.28 Å². The van der Waals surface area contributed by atoms with Crippen LogP contribution in [0.4, 0.5) is 0 Å². The first-order chi connectivity index (χ1) is 12.8. The van der Waals surface area contributed by atoms with E-state index in [9.17, 15) is 9.90 Å². The Hall–Kier alpha value is -1.69. The summed E-state index contributed by atoms with van der Waals surface area (Å²) in [6.45, 7) is 9.16. The molecule has 0 aromatic carbocycles. The lowest BCUT2D eigenvalue weighted by atomic mass is 9.58. The molecule has 1 saturated heterocycles. The smallest absolute Gasteiger partial charge is 0.422 e. The number of oxazole rings is 1. The fraction of sp³-hybridized carbons (Fsp3) is 0.667. The normalized spacial score (nSPS) is 24.6. The summed E-state index contributed by atoms with van der Waals surface area (Å²) >= 11 is 0. The molecule has 2 aliphatic rings. The van der Waals surface area contributed by atoms with E-state index in [4.69, 9.17) is 9.15 Å². The molecule has 0 amide bonds. The van der Waals surface area contributed by atoms with Gasteiger partial charge in [-0.05, 0) is 23.2 Å². The van der Waals surface area contributed by atoms with E-state index in [2.05, 4.69) is 45.9 Å². The van der Waals surface area contributed by atoms with Crippen LogP contribution in [0.25, 0.3) is 0 Å². The van der Waals surface area contributed by atoms with Crippen LogP contribution < -0.4 is 5.76 Å². The SMILES string of the molecule is CCCCCCCn1c(O)c(C2[B]C3C=CC(C(C)(C)C)=CC3O2)oc1=O. The molecule has 2 heterocycles. The number of allylic oxidation sites excluding steroid dienone is 2. The van der Waals surface area contributed by atoms with E-state index in [-0.39, 0.29) is 29.0 Å². The highest BCUT2D eigenvalue weighted by molar-refractivity contribution is 6.41. The van der Waals surface area contributed by atoms with Gasteiger partial charge in [-0.3, -0.25) is 0 Å². The van der Waals surface area contributed by atoms with E-state index in [0.29, 0.717) is 6.54 Å². The van der Waals surface area contributed by atoms with Crippen LogP contribution in [0, 0.1) is 5.41 Å². The van der Waals surface area contributed by atoms with Gasteiger partial charge in [0, 0.05) is 6.54 Å². The molecule has 1 fully saturated rings. The van der Waals surface area contributed by atoms with Gasteiger partial charge in [-0.15, -0.1) is 0 Å². The Bertz CT molecular complexity index is 768. The van der Waals surface area contributed by atoms with Crippen LogP contribution in [0.15, 0.2) is 33.0 Å². The van der Waals surface area contributed by atoms with Crippen LogP contribution in [0.3, 0.4) is 0 Å². The summed E-state index contributed by atoms with van der Waals surface area (Å²) < 4.78 is 12.8. The van der Waals surface area contributed by atoms with Crippen LogP contribution in [-0.2, 0) is 11.3 Å². The van der Waals surface area contributed by atoms with Crippen LogP contribution in [0.5, 0.6) is 5.88 Å². The molecular formula is C21H31BNO4. The molecule has 0 spiro atoms. The molecule has 1 N–H and O–H groups in total. The summed E-state index contributed by atoms with van der Waals surface area (Å²) in [5.41, 5.74) is 1.28. The minimum Gasteiger partial charge on any atom is -0.492 e. The minimum atomic E-state index is -0.508. The third kappa shape index (κ3) is 4.42. The van der Waals surface area contributed by atoms with Gasteiger partial charge in [0.1, 0.15) is 0 Å². The van der Waals surface area contributed by atoms with Gasteiger partial charge in [-0.25, -0.2) is 9.36 Å². The van der Waals surface area contributed by atoms with Crippen molar-refractivity contribution in [3.63, 3.8) is 0 Å². The van der Waals surface area contributed by atoms with Crippen molar-refractivity contribution in [3.8, 4) is 5.88 Å². The van der Waals surface area contributed by atoms with E-state index >= 15 is 0 Å². The van der Waals surface area contributed by atoms with Gasteiger partial charge in [0.15, 0.2) is 13.0 Å². The summed E-state index contributed by atoms with van der Waals surface area (Å²) in [6, 6.07) is -0.505. The van der Waals surface area contributed by atoms with Crippen LogP contribution in [0.1, 0.15) is 71.6 Å². The first kappa shape index (κ1) is 20.1. The van der Waals surface area contributed by atoms with E-state index in [1.165, 1.54) is 23.0 Å². The Kier molecular flexibility index (Phi) is 6.04. The van der Waals surface area contributed by atoms with Crippen molar-refractivity contribution in [2.45, 2.75) is 84.3 Å². The molecule has 5 nitrogen and oxygen atoms in total. The zero-order valence-electron chi connectivity index (χ0n) is 16.9. The molecule has 1 aromatic heterocycles. The second-order valence-electron chi connectivity index (χ2n) is 8.64. The van der Waals surface area contributed by atoms with Gasteiger partial charge in [0.05, 0.1) is 12.1 Å². The largest absolute Gasteiger partial charge is 0.492 e. The summed E-state index contributed by atoms with van der Waals surface area (Å²) in [7, 11) is 2.00. The molecule has 0 saturated carbocycles. The van der Waals surface area contributed by atoms with Gasteiger partial charge in [0.2, 0.25) is 5.88 Å². The van der Waals surface area contributed by atoms with Crippen LogP contribution in [0.2, 0.25) is 5.82 Å². The molecule has 3 unspecified atom stereocenters. The lowest BCUT2D eigenvalue weighted by Gasteiger charge is -2.26. The van der Waals surface area contributed by atoms with Crippen LogP contribution in [-0.4, -0.2) is 23.1 Å². The first-order valence-corrected chi connectivity index (χ1v) is 10.1. The zero-order valence-corrected chi connectivity index (χ0v) is 16.9. The van der Waals surface area contributed by atoms with E-state index in [1.54, 1.807) is 0 Å². The molecule has 0 bridgehead atoms. The Balaban J connectivity index is 1.68. The van der Waals surface area contributed by atoms with E-state index in [0.717, 1.165) is 19.3 Å². The van der Waals surface area contributed by atoms with Crippen molar-refractivity contribution in [1.29, 1.82) is 0 Å². The van der Waals surface area contributed by atoms with Crippen molar-refractivity contribution in [1.82, 2.24) is 4.57 Å². The molecule has 1 aliphatic heterocycles. The number of hydrogen-bond donors (Lipinski definition) is 1. The molecule has 3 atom stereocenters. The number of rotatable bonds is 7. The minimum absolute atomic E-state index is 0.0543. The van der Waals surface area contributed by atoms with Crippen molar-refractivity contribution < 1.29 is 14.3 Å². The maximum absolute atomic E-state index is 12.2. The van der Waals surface area contributed by atoms with E-state index in [1.807, 2.05) is 7.28 Å². The molecule has 27 heavy (non-hydrogen) atoms. The van der Waals surface area contributed by atoms with Gasteiger partial charge < -0.3 is 14.3 Å². The highest BCUT2D eigenvalue weighted by Gasteiger charge is 2.40. The maximum Gasteiger partial charge on any atom is 0.422 e. The standard InChI is InChI=1S/C21H31BNO4/c1-5-6-7-8-9-12-23-19(24)17(27-20(23)25)18-22-15-11-10-14(21(2,3)4)13-16(15)26-18/h10-11,13,15-16,18,24H,5-9,12H2,1-4H3. The summed E-state index contributed by atoms with van der Waals surface area (Å²) in [6.07, 6.45) is 11.7. The number of aromatic hydroxyl groups is 1. The fourth-order valence-electron chi connectivity index (χ4n) is 3.71. The number of nitrogens with zero attached hydrogens (tertiary/aromatic N) is 1. The van der Waals surface area contributed by atoms with Gasteiger partial charge in [0.25, 0.3) is 0 Å². The second kappa shape index (κ2) is 8.13. The monoisotopic (exact) mass is 372 g/mol. The fourth-order valence-corrected chi connectivity index (χ4v) is 3.71. The number of fused-ring (bicyclic) bond motifs is 1. The van der Waals surface area contributed by atoms with Gasteiger partial charge in [-0.2, -0.15) is 0 Å². The molecule has 1 aliphatic carbocycles. The Labute approximate surface area is 162 Å². The average molecular weight is 372 g/mol. The lowest BCUT2D eigenvalue weighted by Crippen LogP contribution is -2.18. The molecular weight excluding hydrogens is 341 g/mol. The predicted molar refractivity (Wildman–Crippen MR) is 107 cm³/mol. The Morgan fingerprint density at radius 1 is 1.22 bits per heavy atom. The van der Waals surface area contributed by atoms with E-state index < -0.39 is 11.8 Å². The molecule has 6 heteroatoms. The predicted octanol–water partition coefficient (Wildman–Crippen LogP) is 4.55. The summed E-state index contributed by atoms with van der Waals surface area (Å²) in [5.74, 6) is -0.254. The van der Waals surface area contributed by atoms with Gasteiger partial charge >= 0.3 is 5.76 Å². The highest BCUT2D eigenvalue weighted by atomic mass is 16.5. The number of aromatic nitrogens is 1. The topological polar surface area (TPSA) is 64.6 Å². The Morgan fingerprint density at radius 2 is 1.96 bits per heavy atom. The second-order valence-corrected chi connectivity index (χ2v) is 8.64. The highest BCUT2D eigenvalue weighted by Crippen LogP contribution is 2.42. The van der Waals surface area contributed by atoms with Crippen molar-refractivity contribution in [2.75, 3.05) is 0 Å². The molecule has 147 valence electrons. The molecule has 1 radical (unpaired) electrons. The Morgan fingerprint density at radius 3 is 2.67 bits per heavy atom. The summed E-state index contributed by atoms with van der Waals surface area (Å²) in [5, 5.41) is 10.5. The quantitative estimate of drug-likeness (QED) is 0.563. The third-order valence-corrected chi connectivity index (χ3v) is 5.43.